The zero-order valence-electron chi connectivity index (χ0n) is 12.0. The summed E-state index contributed by atoms with van der Waals surface area (Å²) < 4.78 is 8.15. The molecule has 0 bridgehead atoms. The molecule has 0 spiro atoms. The van der Waals surface area contributed by atoms with Gasteiger partial charge in [-0.1, -0.05) is 36.4 Å². The summed E-state index contributed by atoms with van der Waals surface area (Å²) in [4.78, 5) is 4.20. The number of hydrogen-bond donors (Lipinski definition) is 0. The number of fused-ring (bicyclic) bond motifs is 1. The van der Waals surface area contributed by atoms with Gasteiger partial charge in [0.25, 0.3) is 6.73 Å². The minimum Gasteiger partial charge on any atom is -0.434 e. The highest BCUT2D eigenvalue weighted by atomic mass is 16.5. The van der Waals surface area contributed by atoms with E-state index in [1.54, 1.807) is 6.20 Å². The lowest BCUT2D eigenvalue weighted by Crippen LogP contribution is -2.21. The Morgan fingerprint density at radius 1 is 0.909 bits per heavy atom. The molecule has 1 aromatic heterocycles. The third-order valence-electron chi connectivity index (χ3n) is 3.75. The fourth-order valence-electron chi connectivity index (χ4n) is 2.67. The van der Waals surface area contributed by atoms with Crippen LogP contribution in [0, 0.1) is 0 Å². The van der Waals surface area contributed by atoms with Gasteiger partial charge in [0.2, 0.25) is 5.69 Å². The fraction of sp³-hybridized carbons (Fsp3) is 0.0526. The second kappa shape index (κ2) is 5.45. The molecule has 3 heteroatoms. The molecule has 3 aromatic rings. The number of pyridine rings is 1. The highest BCUT2D eigenvalue weighted by Gasteiger charge is 2.21. The molecule has 0 atom stereocenters. The molecule has 106 valence electrons. The van der Waals surface area contributed by atoms with E-state index in [1.807, 2.05) is 30.5 Å². The van der Waals surface area contributed by atoms with Crippen LogP contribution in [0.25, 0.3) is 11.1 Å². The van der Waals surface area contributed by atoms with Gasteiger partial charge in [-0.25, -0.2) is 0 Å². The summed E-state index contributed by atoms with van der Waals surface area (Å²) in [5.74, 6) is 0.919. The summed E-state index contributed by atoms with van der Waals surface area (Å²) in [7, 11) is 0. The molecule has 0 unspecified atom stereocenters. The van der Waals surface area contributed by atoms with Gasteiger partial charge in [-0.2, -0.15) is 4.58 Å². The van der Waals surface area contributed by atoms with Crippen LogP contribution < -0.4 is 4.74 Å². The molecule has 2 heterocycles. The molecule has 0 amide bonds. The van der Waals surface area contributed by atoms with Crippen LogP contribution in [0.2, 0.25) is 0 Å². The van der Waals surface area contributed by atoms with Crippen molar-refractivity contribution < 1.29 is 9.31 Å². The van der Waals surface area contributed by atoms with Crippen molar-refractivity contribution in [3.05, 3.63) is 78.6 Å². The van der Waals surface area contributed by atoms with Gasteiger partial charge >= 0.3 is 0 Å². The van der Waals surface area contributed by atoms with Gasteiger partial charge in [0.15, 0.2) is 6.21 Å². The van der Waals surface area contributed by atoms with E-state index >= 15 is 0 Å². The van der Waals surface area contributed by atoms with Gasteiger partial charge < -0.3 is 4.74 Å². The van der Waals surface area contributed by atoms with Crippen LogP contribution in [0.4, 0.5) is 5.69 Å². The summed E-state index contributed by atoms with van der Waals surface area (Å²) >= 11 is 0. The lowest BCUT2D eigenvalue weighted by atomic mass is 10.0. The third kappa shape index (κ3) is 2.27. The number of rotatable bonds is 2. The van der Waals surface area contributed by atoms with Crippen molar-refractivity contribution in [2.24, 2.45) is 0 Å². The van der Waals surface area contributed by atoms with Crippen LogP contribution in [0.3, 0.4) is 0 Å². The monoisotopic (exact) mass is 287 g/mol. The zero-order valence-corrected chi connectivity index (χ0v) is 12.0. The summed E-state index contributed by atoms with van der Waals surface area (Å²) in [5.41, 5.74) is 4.35. The molecule has 4 rings (SSSR count). The molecule has 0 saturated carbocycles. The maximum Gasteiger partial charge on any atom is 0.292 e. The predicted octanol–water partition coefficient (Wildman–Crippen LogP) is 3.86. The van der Waals surface area contributed by atoms with Crippen molar-refractivity contribution in [1.82, 2.24) is 4.98 Å². The van der Waals surface area contributed by atoms with Gasteiger partial charge in [-0.15, -0.1) is 0 Å². The summed E-state index contributed by atoms with van der Waals surface area (Å²) in [5, 5.41) is 0. The second-order valence-electron chi connectivity index (χ2n) is 5.17. The Kier molecular flexibility index (Phi) is 3.16. The number of ether oxygens (including phenoxy) is 1. The van der Waals surface area contributed by atoms with Gasteiger partial charge in [-0.05, 0) is 12.1 Å². The zero-order chi connectivity index (χ0) is 14.8. The van der Waals surface area contributed by atoms with Crippen molar-refractivity contribution in [2.45, 2.75) is 0 Å². The number of aromatic nitrogens is 1. The summed E-state index contributed by atoms with van der Waals surface area (Å²) in [6.07, 6.45) is 5.78. The van der Waals surface area contributed by atoms with E-state index in [2.05, 4.69) is 52.2 Å². The van der Waals surface area contributed by atoms with Crippen LogP contribution in [0.5, 0.6) is 5.75 Å². The second-order valence-corrected chi connectivity index (χ2v) is 5.17. The molecule has 3 nitrogen and oxygen atoms in total. The molecular formula is C19H15N2O+. The van der Waals surface area contributed by atoms with Crippen LogP contribution in [0.15, 0.2) is 73.1 Å². The normalized spacial score (nSPS) is 13.0. The largest absolute Gasteiger partial charge is 0.434 e. The Hall–Kier alpha value is -2.94. The predicted molar refractivity (Wildman–Crippen MR) is 86.7 cm³/mol. The van der Waals surface area contributed by atoms with Gasteiger partial charge in [0, 0.05) is 35.7 Å². The van der Waals surface area contributed by atoms with E-state index in [0.717, 1.165) is 28.1 Å². The topological polar surface area (TPSA) is 25.1 Å². The molecule has 2 aromatic carbocycles. The SMILES string of the molecule is C1=[N+](c2ccccc2)COc2c1cccc2-c1cccnc1. The quantitative estimate of drug-likeness (QED) is 0.669. The van der Waals surface area contributed by atoms with E-state index in [-0.39, 0.29) is 0 Å². The van der Waals surface area contributed by atoms with Crippen molar-refractivity contribution in [3.63, 3.8) is 0 Å². The number of benzene rings is 2. The molecule has 0 aliphatic carbocycles. The highest BCUT2D eigenvalue weighted by Crippen LogP contribution is 2.34. The Morgan fingerprint density at radius 3 is 2.64 bits per heavy atom. The Bertz CT molecular complexity index is 827. The van der Waals surface area contributed by atoms with Crippen molar-refractivity contribution >= 4 is 11.9 Å². The molecular weight excluding hydrogens is 272 g/mol. The van der Waals surface area contributed by atoms with Crippen molar-refractivity contribution in [1.29, 1.82) is 0 Å². The smallest absolute Gasteiger partial charge is 0.292 e. The first-order valence-electron chi connectivity index (χ1n) is 7.24. The Morgan fingerprint density at radius 2 is 1.82 bits per heavy atom. The van der Waals surface area contributed by atoms with Crippen molar-refractivity contribution in [3.8, 4) is 16.9 Å². The Labute approximate surface area is 129 Å². The average molecular weight is 287 g/mol. The summed E-state index contributed by atoms with van der Waals surface area (Å²) in [6, 6.07) is 20.4. The molecule has 0 radical (unpaired) electrons. The standard InChI is InChI=1S/C19H15N2O/c1-2-8-17(9-3-1)21-13-16-6-4-10-18(19(16)22-14-21)15-7-5-11-20-12-15/h1-13H,14H2/q+1. The first-order chi connectivity index (χ1) is 10.9. The van der Waals surface area contributed by atoms with E-state index in [9.17, 15) is 0 Å². The minimum atomic E-state index is 0.508. The molecule has 0 N–H and O–H groups in total. The number of hydrogen-bond acceptors (Lipinski definition) is 2. The van der Waals surface area contributed by atoms with Crippen LogP contribution in [0.1, 0.15) is 5.56 Å². The molecule has 0 saturated heterocycles. The maximum atomic E-state index is 6.04. The van der Waals surface area contributed by atoms with E-state index in [1.165, 1.54) is 0 Å². The molecule has 1 aliphatic rings. The highest BCUT2D eigenvalue weighted by molar-refractivity contribution is 5.87. The lowest BCUT2D eigenvalue weighted by molar-refractivity contribution is -0.476. The first kappa shape index (κ1) is 12.8. The average Bonchev–Trinajstić information content (AvgIpc) is 2.62. The third-order valence-corrected chi connectivity index (χ3v) is 3.75. The minimum absolute atomic E-state index is 0.508. The van der Waals surface area contributed by atoms with Gasteiger partial charge in [0.05, 0.1) is 5.56 Å². The molecule has 22 heavy (non-hydrogen) atoms. The van der Waals surface area contributed by atoms with E-state index in [4.69, 9.17) is 4.74 Å². The van der Waals surface area contributed by atoms with Gasteiger partial charge in [-0.3, -0.25) is 4.98 Å². The molecule has 0 fully saturated rings. The Balaban J connectivity index is 1.80. The van der Waals surface area contributed by atoms with E-state index < -0.39 is 0 Å². The van der Waals surface area contributed by atoms with Crippen LogP contribution in [-0.4, -0.2) is 22.5 Å². The van der Waals surface area contributed by atoms with Crippen LogP contribution >= 0.6 is 0 Å². The number of nitrogens with zero attached hydrogens (tertiary/aromatic N) is 2. The fourth-order valence-corrected chi connectivity index (χ4v) is 2.67. The summed E-state index contributed by atoms with van der Waals surface area (Å²) in [6.45, 7) is 0.508. The van der Waals surface area contributed by atoms with Crippen LogP contribution in [-0.2, 0) is 0 Å². The van der Waals surface area contributed by atoms with Crippen molar-refractivity contribution in [2.75, 3.05) is 6.73 Å². The van der Waals surface area contributed by atoms with Gasteiger partial charge in [0.1, 0.15) is 5.75 Å². The first-order valence-corrected chi connectivity index (χ1v) is 7.24. The van der Waals surface area contributed by atoms with E-state index in [0.29, 0.717) is 6.73 Å². The lowest BCUT2D eigenvalue weighted by Gasteiger charge is -2.16. The molecule has 1 aliphatic heterocycles. The number of para-hydroxylation sites is 2. The maximum absolute atomic E-state index is 6.04.